The quantitative estimate of drug-likeness (QED) is 0.644. The van der Waals surface area contributed by atoms with E-state index in [1.165, 1.54) is 22.3 Å². The fourth-order valence-corrected chi connectivity index (χ4v) is 3.38. The van der Waals surface area contributed by atoms with E-state index < -0.39 is 0 Å². The van der Waals surface area contributed by atoms with Gasteiger partial charge >= 0.3 is 0 Å². The van der Waals surface area contributed by atoms with Gasteiger partial charge in [-0.1, -0.05) is 43.3 Å². The standard InChI is InChI=1S/C25H33NO/c1-8-22(23-14-17(4)20(7)18(5)15-23)11-9-21-10-12-24(19(6)13-21)25(27)26-16(2)3/h9-16,22H,8H2,1-7H3,(H,26,27)/b11-9+. The van der Waals surface area contributed by atoms with Crippen LogP contribution in [0.4, 0.5) is 0 Å². The molecule has 144 valence electrons. The molecule has 0 aliphatic heterocycles. The SMILES string of the molecule is CCC(/C=C/c1ccc(C(=O)NC(C)C)c(C)c1)c1cc(C)c(C)c(C)c1. The second-order valence-electron chi connectivity index (χ2n) is 7.86. The molecule has 0 heterocycles. The van der Waals surface area contributed by atoms with Crippen LogP contribution < -0.4 is 5.32 Å². The Balaban J connectivity index is 2.23. The van der Waals surface area contributed by atoms with Crippen LogP contribution in [0, 0.1) is 27.7 Å². The first-order valence-electron chi connectivity index (χ1n) is 9.90. The fraction of sp³-hybridized carbons (Fsp3) is 0.400. The van der Waals surface area contributed by atoms with Gasteiger partial charge in [0.15, 0.2) is 0 Å². The van der Waals surface area contributed by atoms with Crippen molar-refractivity contribution in [3.63, 3.8) is 0 Å². The monoisotopic (exact) mass is 363 g/mol. The van der Waals surface area contributed by atoms with Crippen LogP contribution in [0.25, 0.3) is 6.08 Å². The van der Waals surface area contributed by atoms with E-state index >= 15 is 0 Å². The van der Waals surface area contributed by atoms with E-state index in [1.807, 2.05) is 32.9 Å². The zero-order chi connectivity index (χ0) is 20.1. The molecule has 1 amide bonds. The molecule has 2 rings (SSSR count). The number of benzene rings is 2. The Kier molecular flexibility index (Phi) is 7.01. The van der Waals surface area contributed by atoms with Gasteiger partial charge in [0.25, 0.3) is 5.91 Å². The second kappa shape index (κ2) is 9.03. The van der Waals surface area contributed by atoms with Crippen LogP contribution in [0.15, 0.2) is 36.4 Å². The van der Waals surface area contributed by atoms with Crippen LogP contribution in [0.3, 0.4) is 0 Å². The molecule has 0 radical (unpaired) electrons. The summed E-state index contributed by atoms with van der Waals surface area (Å²) in [6.45, 7) is 14.7. The Morgan fingerprint density at radius 2 is 1.63 bits per heavy atom. The molecule has 2 aromatic carbocycles. The molecule has 2 aromatic rings. The second-order valence-corrected chi connectivity index (χ2v) is 7.86. The van der Waals surface area contributed by atoms with Gasteiger partial charge in [-0.25, -0.2) is 0 Å². The molecule has 2 nitrogen and oxygen atoms in total. The molecule has 27 heavy (non-hydrogen) atoms. The summed E-state index contributed by atoms with van der Waals surface area (Å²) >= 11 is 0. The molecule has 0 bridgehead atoms. The van der Waals surface area contributed by atoms with E-state index in [0.29, 0.717) is 5.92 Å². The minimum Gasteiger partial charge on any atom is -0.350 e. The minimum absolute atomic E-state index is 0.00456. The van der Waals surface area contributed by atoms with Gasteiger partial charge in [0.1, 0.15) is 0 Å². The van der Waals surface area contributed by atoms with Crippen molar-refractivity contribution >= 4 is 12.0 Å². The van der Waals surface area contributed by atoms with E-state index in [4.69, 9.17) is 0 Å². The van der Waals surface area contributed by atoms with Crippen LogP contribution in [-0.4, -0.2) is 11.9 Å². The number of hydrogen-bond donors (Lipinski definition) is 1. The lowest BCUT2D eigenvalue weighted by molar-refractivity contribution is 0.0942. The molecule has 0 saturated heterocycles. The molecule has 2 heteroatoms. The van der Waals surface area contributed by atoms with E-state index in [2.05, 4.69) is 63.4 Å². The molecular formula is C25H33NO. The van der Waals surface area contributed by atoms with Gasteiger partial charge in [0, 0.05) is 17.5 Å². The first-order chi connectivity index (χ1) is 12.7. The molecular weight excluding hydrogens is 330 g/mol. The number of carbonyl (C=O) groups excluding carboxylic acids is 1. The molecule has 0 spiro atoms. The number of rotatable bonds is 6. The Hall–Kier alpha value is -2.35. The molecule has 0 fully saturated rings. The number of aryl methyl sites for hydroxylation is 3. The Morgan fingerprint density at radius 3 is 2.15 bits per heavy atom. The topological polar surface area (TPSA) is 29.1 Å². The Bertz CT molecular complexity index is 822. The van der Waals surface area contributed by atoms with Crippen molar-refractivity contribution in [2.45, 2.75) is 66.8 Å². The lowest BCUT2D eigenvalue weighted by atomic mass is 9.90. The minimum atomic E-state index is -0.00456. The maximum Gasteiger partial charge on any atom is 0.251 e. The molecule has 1 N–H and O–H groups in total. The summed E-state index contributed by atoms with van der Waals surface area (Å²) in [6, 6.07) is 10.8. The molecule has 1 atom stereocenters. The summed E-state index contributed by atoms with van der Waals surface area (Å²) in [7, 11) is 0. The average molecular weight is 364 g/mol. The van der Waals surface area contributed by atoms with E-state index in [0.717, 1.165) is 23.1 Å². The van der Waals surface area contributed by atoms with Crippen molar-refractivity contribution in [1.29, 1.82) is 0 Å². The van der Waals surface area contributed by atoms with Crippen molar-refractivity contribution in [2.24, 2.45) is 0 Å². The third-order valence-electron chi connectivity index (χ3n) is 5.25. The number of allylic oxidation sites excluding steroid dienone is 1. The number of hydrogen-bond acceptors (Lipinski definition) is 1. The van der Waals surface area contributed by atoms with E-state index in [9.17, 15) is 4.79 Å². The molecule has 0 saturated carbocycles. The van der Waals surface area contributed by atoms with Gasteiger partial charge in [-0.05, 0) is 87.4 Å². The van der Waals surface area contributed by atoms with Crippen molar-refractivity contribution < 1.29 is 4.79 Å². The van der Waals surface area contributed by atoms with Crippen LogP contribution in [0.2, 0.25) is 0 Å². The summed E-state index contributed by atoms with van der Waals surface area (Å²) < 4.78 is 0. The highest BCUT2D eigenvalue weighted by Crippen LogP contribution is 2.26. The van der Waals surface area contributed by atoms with Crippen molar-refractivity contribution in [1.82, 2.24) is 5.32 Å². The lowest BCUT2D eigenvalue weighted by Gasteiger charge is -2.15. The normalized spacial score (nSPS) is 12.6. The molecule has 1 unspecified atom stereocenters. The van der Waals surface area contributed by atoms with Gasteiger partial charge < -0.3 is 5.32 Å². The maximum atomic E-state index is 12.2. The van der Waals surface area contributed by atoms with Gasteiger partial charge in [-0.15, -0.1) is 0 Å². The molecule has 0 aliphatic rings. The summed E-state index contributed by atoms with van der Waals surface area (Å²) in [4.78, 5) is 12.2. The van der Waals surface area contributed by atoms with Crippen LogP contribution in [-0.2, 0) is 0 Å². The van der Waals surface area contributed by atoms with E-state index in [-0.39, 0.29) is 11.9 Å². The van der Waals surface area contributed by atoms with Crippen LogP contribution in [0.1, 0.15) is 76.8 Å². The maximum absolute atomic E-state index is 12.2. The highest BCUT2D eigenvalue weighted by atomic mass is 16.1. The predicted molar refractivity (Wildman–Crippen MR) is 117 cm³/mol. The largest absolute Gasteiger partial charge is 0.350 e. The number of nitrogens with one attached hydrogen (secondary N) is 1. The summed E-state index contributed by atoms with van der Waals surface area (Å²) in [5, 5.41) is 2.96. The summed E-state index contributed by atoms with van der Waals surface area (Å²) in [6.07, 6.45) is 5.52. The van der Waals surface area contributed by atoms with Crippen LogP contribution >= 0.6 is 0 Å². The smallest absolute Gasteiger partial charge is 0.251 e. The van der Waals surface area contributed by atoms with Gasteiger partial charge in [-0.3, -0.25) is 4.79 Å². The van der Waals surface area contributed by atoms with Crippen molar-refractivity contribution in [2.75, 3.05) is 0 Å². The number of carbonyl (C=O) groups is 1. The third-order valence-corrected chi connectivity index (χ3v) is 5.25. The molecule has 0 aliphatic carbocycles. The first-order valence-corrected chi connectivity index (χ1v) is 9.90. The van der Waals surface area contributed by atoms with Crippen molar-refractivity contribution in [3.8, 4) is 0 Å². The highest BCUT2D eigenvalue weighted by Gasteiger charge is 2.11. The lowest BCUT2D eigenvalue weighted by Crippen LogP contribution is -2.30. The molecule has 0 aromatic heterocycles. The summed E-state index contributed by atoms with van der Waals surface area (Å²) in [5.74, 6) is 0.391. The average Bonchev–Trinajstić information content (AvgIpc) is 2.59. The summed E-state index contributed by atoms with van der Waals surface area (Å²) in [5.41, 5.74) is 8.35. The highest BCUT2D eigenvalue weighted by molar-refractivity contribution is 5.96. The third kappa shape index (κ3) is 5.32. The van der Waals surface area contributed by atoms with Gasteiger partial charge in [0.2, 0.25) is 0 Å². The first kappa shape index (κ1) is 21.0. The van der Waals surface area contributed by atoms with Crippen LogP contribution in [0.5, 0.6) is 0 Å². The zero-order valence-corrected chi connectivity index (χ0v) is 17.8. The van der Waals surface area contributed by atoms with E-state index in [1.54, 1.807) is 0 Å². The fourth-order valence-electron chi connectivity index (χ4n) is 3.38. The number of amides is 1. The Labute approximate surface area is 164 Å². The predicted octanol–water partition coefficient (Wildman–Crippen LogP) is 6.27. The zero-order valence-electron chi connectivity index (χ0n) is 17.8. The van der Waals surface area contributed by atoms with Gasteiger partial charge in [-0.2, -0.15) is 0 Å². The van der Waals surface area contributed by atoms with Crippen molar-refractivity contribution in [3.05, 3.63) is 75.4 Å². The Morgan fingerprint density at radius 1 is 1.00 bits per heavy atom. The van der Waals surface area contributed by atoms with Gasteiger partial charge in [0.05, 0.1) is 0 Å².